The van der Waals surface area contributed by atoms with Gasteiger partial charge < -0.3 is 20.4 Å². The first-order chi connectivity index (χ1) is 15.6. The zero-order chi connectivity index (χ0) is 22.1. The average Bonchev–Trinajstić information content (AvgIpc) is 3.50. The van der Waals surface area contributed by atoms with Crippen LogP contribution < -0.4 is 15.8 Å². The van der Waals surface area contributed by atoms with Crippen LogP contribution in [0, 0.1) is 13.0 Å². The quantitative estimate of drug-likeness (QED) is 0.392. The molecular formula is C26H29CoN4O2-. The second-order valence-electron chi connectivity index (χ2n) is 8.69. The molecule has 2 aromatic carbocycles. The van der Waals surface area contributed by atoms with Crippen molar-refractivity contribution in [3.8, 4) is 17.0 Å². The largest absolute Gasteiger partial charge is 0.551 e. The second kappa shape index (κ2) is 10.1. The maximum Gasteiger partial charge on any atom is 0.196 e. The van der Waals surface area contributed by atoms with Crippen molar-refractivity contribution in [3.05, 3.63) is 70.7 Å². The third-order valence-electron chi connectivity index (χ3n) is 6.45. The summed E-state index contributed by atoms with van der Waals surface area (Å²) in [5.74, 6) is 1.76. The predicted octanol–water partition coefficient (Wildman–Crippen LogP) is 3.75. The Kier molecular flexibility index (Phi) is 7.22. The Balaban J connectivity index is 0.00000259. The number of benzene rings is 2. The molecule has 3 N–H and O–H groups in total. The van der Waals surface area contributed by atoms with Gasteiger partial charge in [-0.1, -0.05) is 24.6 Å². The van der Waals surface area contributed by atoms with Crippen LogP contribution in [-0.4, -0.2) is 28.6 Å². The molecule has 5 rings (SSSR count). The molecule has 0 saturated heterocycles. The van der Waals surface area contributed by atoms with Crippen LogP contribution in [-0.2, 0) is 36.2 Å². The van der Waals surface area contributed by atoms with Crippen LogP contribution >= 0.6 is 0 Å². The topological polar surface area (TPSA) is 82.2 Å². The smallest absolute Gasteiger partial charge is 0.196 e. The Morgan fingerprint density at radius 2 is 2.21 bits per heavy atom. The number of aryl methyl sites for hydroxylation is 4. The Morgan fingerprint density at radius 3 is 3.03 bits per heavy atom. The minimum Gasteiger partial charge on any atom is -0.551 e. The van der Waals surface area contributed by atoms with E-state index in [0.29, 0.717) is 24.5 Å². The molecule has 0 bridgehead atoms. The Labute approximate surface area is 205 Å². The van der Waals surface area contributed by atoms with E-state index in [2.05, 4.69) is 40.3 Å². The number of imidazole rings is 1. The molecule has 1 atom stereocenters. The minimum atomic E-state index is -0.103. The molecule has 2 aliphatic rings. The Bertz CT molecular complexity index is 1140. The van der Waals surface area contributed by atoms with E-state index in [4.69, 9.17) is 15.5 Å². The number of hydrogen-bond donors (Lipinski definition) is 2. The van der Waals surface area contributed by atoms with Crippen LogP contribution in [0.15, 0.2) is 36.5 Å². The van der Waals surface area contributed by atoms with E-state index in [1.807, 2.05) is 6.92 Å². The number of amides is 1. The fourth-order valence-corrected chi connectivity index (χ4v) is 4.64. The van der Waals surface area contributed by atoms with Crippen LogP contribution in [0.4, 0.5) is 0 Å². The first-order valence-corrected chi connectivity index (χ1v) is 11.5. The summed E-state index contributed by atoms with van der Waals surface area (Å²) in [4.78, 5) is 17.8. The minimum absolute atomic E-state index is 0. The molecule has 175 valence electrons. The molecule has 0 fully saturated rings. The number of aromatic nitrogens is 2. The summed E-state index contributed by atoms with van der Waals surface area (Å²) in [7, 11) is 0. The van der Waals surface area contributed by atoms with Crippen molar-refractivity contribution in [3.63, 3.8) is 0 Å². The molecule has 33 heavy (non-hydrogen) atoms. The number of carbonyl (C=O) groups excluding carboxylic acids is 1. The van der Waals surface area contributed by atoms with E-state index in [1.54, 1.807) is 12.1 Å². The van der Waals surface area contributed by atoms with Gasteiger partial charge >= 0.3 is 0 Å². The van der Waals surface area contributed by atoms with E-state index in [0.717, 1.165) is 49.0 Å². The molecular weight excluding hydrogens is 459 g/mol. The number of nitrogens with one attached hydrogen (secondary N) is 1. The maximum atomic E-state index is 13.0. The standard InChI is InChI=1S/C26H29N4O2.Co/c1-17-5-6-20(15-24(17)32-13-3-11-27)26(31)29-22-10-9-18-7-8-19(14-21(18)22)23-16-30-12-2-4-25(30)28-23;/h6-8,14-16,22H,2-4,9-13,27H2,1H3,(H,29,31);/q-1;/t22-;/m1./s1. The Morgan fingerprint density at radius 1 is 1.33 bits per heavy atom. The van der Waals surface area contributed by atoms with Gasteiger partial charge in [-0.15, -0.1) is 11.6 Å². The molecule has 7 heteroatoms. The normalized spacial score (nSPS) is 16.1. The molecule has 1 amide bonds. The number of fused-ring (bicyclic) bond motifs is 2. The van der Waals surface area contributed by atoms with E-state index >= 15 is 0 Å². The van der Waals surface area contributed by atoms with Crippen LogP contribution in [0.5, 0.6) is 5.75 Å². The van der Waals surface area contributed by atoms with Gasteiger partial charge in [-0.2, -0.15) is 12.1 Å². The SMILES string of the molecule is Cc1[c-]cc(C(=O)N[C@@H]2CCc3ccc(-c4cn5c(n4)CCC5)cc32)cc1OCCCN.[Co]. The van der Waals surface area contributed by atoms with Crippen LogP contribution in [0.25, 0.3) is 11.3 Å². The first kappa shape index (κ1) is 23.5. The van der Waals surface area contributed by atoms with Crippen molar-refractivity contribution >= 4 is 5.91 Å². The third-order valence-corrected chi connectivity index (χ3v) is 6.45. The number of carbonyl (C=O) groups is 1. The number of ether oxygens (including phenoxy) is 1. The van der Waals surface area contributed by atoms with Crippen molar-refractivity contribution in [2.24, 2.45) is 5.73 Å². The van der Waals surface area contributed by atoms with Gasteiger partial charge in [0.15, 0.2) is 5.91 Å². The fraction of sp³-hybridized carbons (Fsp3) is 0.385. The van der Waals surface area contributed by atoms with Crippen molar-refractivity contribution in [2.45, 2.75) is 51.6 Å². The first-order valence-electron chi connectivity index (χ1n) is 11.5. The summed E-state index contributed by atoms with van der Waals surface area (Å²) in [6.07, 6.45) is 7.03. The zero-order valence-electron chi connectivity index (χ0n) is 18.8. The molecule has 1 aliphatic heterocycles. The van der Waals surface area contributed by atoms with Crippen molar-refractivity contribution in [1.29, 1.82) is 0 Å². The van der Waals surface area contributed by atoms with Gasteiger partial charge in [0.05, 0.1) is 18.3 Å². The summed E-state index contributed by atoms with van der Waals surface area (Å²) in [5, 5.41) is 3.22. The van der Waals surface area contributed by atoms with Crippen molar-refractivity contribution < 1.29 is 26.3 Å². The van der Waals surface area contributed by atoms with Gasteiger partial charge in [0.25, 0.3) is 0 Å². The maximum absolute atomic E-state index is 13.0. The van der Waals surface area contributed by atoms with E-state index in [1.165, 1.54) is 23.4 Å². The summed E-state index contributed by atoms with van der Waals surface area (Å²) < 4.78 is 8.04. The number of hydrogen-bond acceptors (Lipinski definition) is 4. The molecule has 0 saturated carbocycles. The molecule has 1 aliphatic carbocycles. The summed E-state index contributed by atoms with van der Waals surface area (Å²) in [6.45, 7) is 4.09. The van der Waals surface area contributed by atoms with Gasteiger partial charge in [-0.05, 0) is 49.4 Å². The van der Waals surface area contributed by atoms with Gasteiger partial charge in [-0.3, -0.25) is 4.79 Å². The van der Waals surface area contributed by atoms with E-state index in [9.17, 15) is 4.79 Å². The second-order valence-corrected chi connectivity index (χ2v) is 8.69. The van der Waals surface area contributed by atoms with E-state index in [-0.39, 0.29) is 28.7 Å². The van der Waals surface area contributed by atoms with Gasteiger partial charge in [-0.25, -0.2) is 4.98 Å². The molecule has 0 spiro atoms. The van der Waals surface area contributed by atoms with E-state index < -0.39 is 0 Å². The summed E-state index contributed by atoms with van der Waals surface area (Å²) in [5.41, 5.74) is 11.6. The van der Waals surface area contributed by atoms with Gasteiger partial charge in [0, 0.05) is 47.3 Å². The molecule has 0 unspecified atom stereocenters. The average molecular weight is 488 g/mol. The van der Waals surface area contributed by atoms with Crippen LogP contribution in [0.3, 0.4) is 0 Å². The summed E-state index contributed by atoms with van der Waals surface area (Å²) >= 11 is 0. The zero-order valence-corrected chi connectivity index (χ0v) is 19.9. The molecule has 1 radical (unpaired) electrons. The van der Waals surface area contributed by atoms with Gasteiger partial charge in [0.1, 0.15) is 5.82 Å². The molecule has 6 nitrogen and oxygen atoms in total. The monoisotopic (exact) mass is 488 g/mol. The molecule has 3 aromatic rings. The van der Waals surface area contributed by atoms with Crippen molar-refractivity contribution in [2.75, 3.05) is 13.2 Å². The molecule has 1 aromatic heterocycles. The molecule has 2 heterocycles. The number of rotatable bonds is 7. The van der Waals surface area contributed by atoms with Gasteiger partial charge in [0.2, 0.25) is 0 Å². The number of nitrogens with zero attached hydrogens (tertiary/aromatic N) is 2. The Hall–Kier alpha value is -2.61. The van der Waals surface area contributed by atoms with Crippen LogP contribution in [0.2, 0.25) is 0 Å². The van der Waals surface area contributed by atoms with Crippen LogP contribution in [0.1, 0.15) is 58.2 Å². The third kappa shape index (κ3) is 4.85. The van der Waals surface area contributed by atoms with Crippen molar-refractivity contribution in [1.82, 2.24) is 14.9 Å². The summed E-state index contributed by atoms with van der Waals surface area (Å²) in [6, 6.07) is 13.2. The predicted molar refractivity (Wildman–Crippen MR) is 124 cm³/mol. The number of nitrogens with two attached hydrogens (primary N) is 1. The fourth-order valence-electron chi connectivity index (χ4n) is 4.64.